The van der Waals surface area contributed by atoms with Crippen LogP contribution in [0.1, 0.15) is 45.4 Å². The Balaban J connectivity index is 1.81. The highest BCUT2D eigenvalue weighted by Crippen LogP contribution is 2.35. The average Bonchev–Trinajstić information content (AvgIpc) is 2.37. The zero-order valence-corrected chi connectivity index (χ0v) is 11.1. The SMILES string of the molecule is CCOCC(O)CN1CCCC2CCCCC21. The van der Waals surface area contributed by atoms with E-state index in [1.165, 1.54) is 45.1 Å². The summed E-state index contributed by atoms with van der Waals surface area (Å²) in [7, 11) is 0. The summed E-state index contributed by atoms with van der Waals surface area (Å²) in [6.45, 7) is 5.14. The second-order valence-corrected chi connectivity index (χ2v) is 5.56. The van der Waals surface area contributed by atoms with Gasteiger partial charge in [-0.1, -0.05) is 12.8 Å². The van der Waals surface area contributed by atoms with E-state index in [1.807, 2.05) is 6.92 Å². The molecule has 0 aromatic heterocycles. The fraction of sp³-hybridized carbons (Fsp3) is 1.00. The van der Waals surface area contributed by atoms with Gasteiger partial charge in [0.05, 0.1) is 12.7 Å². The van der Waals surface area contributed by atoms with Crippen molar-refractivity contribution in [2.45, 2.75) is 57.6 Å². The van der Waals surface area contributed by atoms with Crippen LogP contribution in [0.4, 0.5) is 0 Å². The van der Waals surface area contributed by atoms with Gasteiger partial charge < -0.3 is 9.84 Å². The van der Waals surface area contributed by atoms with Crippen LogP contribution in [0.25, 0.3) is 0 Å². The summed E-state index contributed by atoms with van der Waals surface area (Å²) in [4.78, 5) is 2.52. The van der Waals surface area contributed by atoms with Gasteiger partial charge >= 0.3 is 0 Å². The van der Waals surface area contributed by atoms with Crippen LogP contribution in [0.5, 0.6) is 0 Å². The number of rotatable bonds is 5. The number of hydrogen-bond donors (Lipinski definition) is 1. The fourth-order valence-electron chi connectivity index (χ4n) is 3.53. The van der Waals surface area contributed by atoms with Gasteiger partial charge in [0.1, 0.15) is 0 Å². The number of fused-ring (bicyclic) bond motifs is 1. The lowest BCUT2D eigenvalue weighted by Crippen LogP contribution is -2.50. The highest BCUT2D eigenvalue weighted by atomic mass is 16.5. The van der Waals surface area contributed by atoms with Crippen LogP contribution in [0.15, 0.2) is 0 Å². The smallest absolute Gasteiger partial charge is 0.0900 e. The highest BCUT2D eigenvalue weighted by molar-refractivity contribution is 4.88. The minimum atomic E-state index is -0.310. The molecule has 2 fully saturated rings. The topological polar surface area (TPSA) is 32.7 Å². The minimum absolute atomic E-state index is 0.310. The quantitative estimate of drug-likeness (QED) is 0.799. The number of ether oxygens (including phenoxy) is 1. The second-order valence-electron chi connectivity index (χ2n) is 5.56. The number of β-amino-alcohol motifs (C(OH)–C–C–N with tert-alkyl or cyclic N) is 1. The van der Waals surface area contributed by atoms with Crippen LogP contribution in [0.3, 0.4) is 0 Å². The fourth-order valence-corrected chi connectivity index (χ4v) is 3.53. The predicted octanol–water partition coefficient (Wildman–Crippen LogP) is 2.04. The van der Waals surface area contributed by atoms with Gasteiger partial charge in [-0.3, -0.25) is 4.90 Å². The molecule has 0 aromatic carbocycles. The Bertz CT molecular complexity index is 220. The Morgan fingerprint density at radius 3 is 2.82 bits per heavy atom. The molecule has 1 aliphatic heterocycles. The molecule has 3 unspecified atom stereocenters. The molecule has 0 radical (unpaired) electrons. The van der Waals surface area contributed by atoms with E-state index in [9.17, 15) is 5.11 Å². The Morgan fingerprint density at radius 1 is 1.24 bits per heavy atom. The van der Waals surface area contributed by atoms with E-state index >= 15 is 0 Å². The lowest BCUT2D eigenvalue weighted by atomic mass is 9.78. The van der Waals surface area contributed by atoms with Crippen molar-refractivity contribution in [1.82, 2.24) is 4.90 Å². The molecule has 17 heavy (non-hydrogen) atoms. The molecular weight excluding hydrogens is 214 g/mol. The zero-order chi connectivity index (χ0) is 12.1. The van der Waals surface area contributed by atoms with E-state index in [1.54, 1.807) is 0 Å². The summed E-state index contributed by atoms with van der Waals surface area (Å²) in [5, 5.41) is 9.96. The van der Waals surface area contributed by atoms with E-state index in [0.717, 1.165) is 18.5 Å². The first-order valence-electron chi connectivity index (χ1n) is 7.31. The first-order valence-corrected chi connectivity index (χ1v) is 7.31. The maximum absolute atomic E-state index is 9.96. The maximum atomic E-state index is 9.96. The van der Waals surface area contributed by atoms with Crippen LogP contribution in [-0.2, 0) is 4.74 Å². The van der Waals surface area contributed by atoms with Crippen LogP contribution in [0, 0.1) is 5.92 Å². The van der Waals surface area contributed by atoms with Crippen molar-refractivity contribution in [3.05, 3.63) is 0 Å². The van der Waals surface area contributed by atoms with Gasteiger partial charge in [-0.25, -0.2) is 0 Å². The van der Waals surface area contributed by atoms with Crippen LogP contribution in [-0.4, -0.2) is 48.5 Å². The van der Waals surface area contributed by atoms with Crippen molar-refractivity contribution in [2.24, 2.45) is 5.92 Å². The number of nitrogens with zero attached hydrogens (tertiary/aromatic N) is 1. The minimum Gasteiger partial charge on any atom is -0.389 e. The first-order chi connectivity index (χ1) is 8.31. The van der Waals surface area contributed by atoms with Gasteiger partial charge in [-0.05, 0) is 45.1 Å². The van der Waals surface area contributed by atoms with Crippen LogP contribution >= 0.6 is 0 Å². The second kappa shape index (κ2) is 6.72. The average molecular weight is 241 g/mol. The third-order valence-electron chi connectivity index (χ3n) is 4.32. The molecule has 3 nitrogen and oxygen atoms in total. The molecule has 1 saturated carbocycles. The Kier molecular flexibility index (Phi) is 5.26. The first kappa shape index (κ1) is 13.3. The molecule has 0 spiro atoms. The van der Waals surface area contributed by atoms with Crippen molar-refractivity contribution < 1.29 is 9.84 Å². The van der Waals surface area contributed by atoms with Gasteiger partial charge in [0.15, 0.2) is 0 Å². The molecule has 3 atom stereocenters. The summed E-state index contributed by atoms with van der Waals surface area (Å²) in [6, 6.07) is 0.744. The molecule has 1 N–H and O–H groups in total. The third kappa shape index (κ3) is 3.67. The number of aliphatic hydroxyl groups is 1. The van der Waals surface area contributed by atoms with Crippen LogP contribution in [0.2, 0.25) is 0 Å². The molecule has 0 aromatic rings. The molecule has 2 rings (SSSR count). The van der Waals surface area contributed by atoms with Gasteiger partial charge in [0.25, 0.3) is 0 Å². The zero-order valence-electron chi connectivity index (χ0n) is 11.1. The van der Waals surface area contributed by atoms with Gasteiger partial charge in [-0.15, -0.1) is 0 Å². The molecule has 0 amide bonds. The van der Waals surface area contributed by atoms with Gasteiger partial charge in [-0.2, -0.15) is 0 Å². The molecular formula is C14H27NO2. The molecule has 0 bridgehead atoms. The highest BCUT2D eigenvalue weighted by Gasteiger charge is 2.33. The summed E-state index contributed by atoms with van der Waals surface area (Å²) in [5.41, 5.74) is 0. The molecule has 1 aliphatic carbocycles. The summed E-state index contributed by atoms with van der Waals surface area (Å²) >= 11 is 0. The van der Waals surface area contributed by atoms with Gasteiger partial charge in [0.2, 0.25) is 0 Å². The number of aliphatic hydroxyl groups excluding tert-OH is 1. The van der Waals surface area contributed by atoms with Gasteiger partial charge in [0, 0.05) is 19.2 Å². The Hall–Kier alpha value is -0.120. The lowest BCUT2D eigenvalue weighted by Gasteiger charge is -2.44. The standard InChI is InChI=1S/C14H27NO2/c1-2-17-11-13(16)10-15-9-5-7-12-6-3-4-8-14(12)15/h12-14,16H,2-11H2,1H3. The predicted molar refractivity (Wildman–Crippen MR) is 69.1 cm³/mol. The largest absolute Gasteiger partial charge is 0.389 e. The number of likely N-dealkylation sites (tertiary alicyclic amines) is 1. The van der Waals surface area contributed by atoms with Crippen molar-refractivity contribution in [3.63, 3.8) is 0 Å². The van der Waals surface area contributed by atoms with E-state index < -0.39 is 0 Å². The van der Waals surface area contributed by atoms with E-state index in [4.69, 9.17) is 4.74 Å². The molecule has 3 heteroatoms. The Morgan fingerprint density at radius 2 is 2.00 bits per heavy atom. The molecule has 2 aliphatic rings. The van der Waals surface area contributed by atoms with E-state index in [0.29, 0.717) is 13.2 Å². The number of hydrogen-bond acceptors (Lipinski definition) is 3. The van der Waals surface area contributed by atoms with E-state index in [2.05, 4.69) is 4.90 Å². The molecule has 1 heterocycles. The van der Waals surface area contributed by atoms with Crippen molar-refractivity contribution >= 4 is 0 Å². The van der Waals surface area contributed by atoms with Crippen molar-refractivity contribution in [2.75, 3.05) is 26.3 Å². The normalized spacial score (nSPS) is 32.1. The third-order valence-corrected chi connectivity index (χ3v) is 4.32. The van der Waals surface area contributed by atoms with E-state index in [-0.39, 0.29) is 6.10 Å². The van der Waals surface area contributed by atoms with Crippen molar-refractivity contribution in [1.29, 1.82) is 0 Å². The molecule has 1 saturated heterocycles. The number of piperidine rings is 1. The summed E-state index contributed by atoms with van der Waals surface area (Å²) < 4.78 is 5.30. The van der Waals surface area contributed by atoms with Crippen LogP contribution < -0.4 is 0 Å². The monoisotopic (exact) mass is 241 g/mol. The molecule has 100 valence electrons. The summed E-state index contributed by atoms with van der Waals surface area (Å²) in [5.74, 6) is 0.900. The lowest BCUT2D eigenvalue weighted by molar-refractivity contribution is -0.0140. The maximum Gasteiger partial charge on any atom is 0.0900 e. The van der Waals surface area contributed by atoms with Crippen molar-refractivity contribution in [3.8, 4) is 0 Å². The Labute approximate surface area is 105 Å². The summed E-state index contributed by atoms with van der Waals surface area (Å²) in [6.07, 6.45) is 7.94.